The van der Waals surface area contributed by atoms with Crippen LogP contribution in [0.15, 0.2) is 36.4 Å². The van der Waals surface area contributed by atoms with Crippen LogP contribution in [0.4, 0.5) is 13.2 Å². The van der Waals surface area contributed by atoms with Crippen LogP contribution in [0, 0.1) is 23.4 Å². The van der Waals surface area contributed by atoms with Crippen LogP contribution in [0.25, 0.3) is 11.1 Å². The zero-order valence-electron chi connectivity index (χ0n) is 18.6. The second-order valence-electron chi connectivity index (χ2n) is 9.46. The van der Waals surface area contributed by atoms with Crippen LogP contribution >= 0.6 is 0 Å². The van der Waals surface area contributed by atoms with Gasteiger partial charge in [0, 0.05) is 29.0 Å². The fourth-order valence-corrected chi connectivity index (χ4v) is 5.76. The van der Waals surface area contributed by atoms with Crippen LogP contribution in [0.3, 0.4) is 0 Å². The Morgan fingerprint density at radius 2 is 1.85 bits per heavy atom. The Hall–Kier alpha value is -2.07. The number of halogens is 3. The highest BCUT2D eigenvalue weighted by Gasteiger charge is 2.55. The van der Waals surface area contributed by atoms with Crippen LogP contribution in [-0.4, -0.2) is 50.4 Å². The minimum absolute atomic E-state index is 0.0517. The maximum absolute atomic E-state index is 15.6. The molecule has 2 N–H and O–H groups in total. The first-order valence-corrected chi connectivity index (χ1v) is 12.4. The van der Waals surface area contributed by atoms with E-state index in [0.29, 0.717) is 0 Å². The number of benzene rings is 2. The molecular formula is C24H27F3N2O3S. The van der Waals surface area contributed by atoms with E-state index < -0.39 is 46.4 Å². The summed E-state index contributed by atoms with van der Waals surface area (Å²) in [7, 11) is 0. The van der Waals surface area contributed by atoms with Gasteiger partial charge in [-0.15, -0.1) is 4.72 Å². The molecule has 178 valence electrons. The Morgan fingerprint density at radius 1 is 1.21 bits per heavy atom. The van der Waals surface area contributed by atoms with Gasteiger partial charge in [-0.1, -0.05) is 18.2 Å². The van der Waals surface area contributed by atoms with Crippen molar-refractivity contribution in [3.63, 3.8) is 0 Å². The molecule has 1 aliphatic carbocycles. The van der Waals surface area contributed by atoms with Crippen molar-refractivity contribution >= 4 is 17.3 Å². The maximum atomic E-state index is 15.6. The number of carbonyl (C=O) groups excluding carboxylic acids is 1. The summed E-state index contributed by atoms with van der Waals surface area (Å²) in [5.74, 6) is -2.53. The largest absolute Gasteiger partial charge is 0.598 e. The highest BCUT2D eigenvalue weighted by atomic mass is 32.2. The lowest BCUT2D eigenvalue weighted by molar-refractivity contribution is -0.166. The van der Waals surface area contributed by atoms with Gasteiger partial charge in [0.1, 0.15) is 29.3 Å². The fourth-order valence-electron chi connectivity index (χ4n) is 5.03. The molecule has 0 radical (unpaired) electrons. The highest BCUT2D eigenvalue weighted by molar-refractivity contribution is 7.88. The van der Waals surface area contributed by atoms with E-state index in [2.05, 4.69) is 4.72 Å². The van der Waals surface area contributed by atoms with Crippen molar-refractivity contribution in [3.8, 4) is 11.1 Å². The first kappa shape index (κ1) is 24.1. The molecule has 9 heteroatoms. The molecule has 2 aliphatic heterocycles. The molecule has 1 unspecified atom stereocenters. The molecule has 2 saturated heterocycles. The van der Waals surface area contributed by atoms with Crippen molar-refractivity contribution < 1.29 is 27.6 Å². The van der Waals surface area contributed by atoms with Crippen molar-refractivity contribution in [1.29, 1.82) is 0 Å². The predicted octanol–water partition coefficient (Wildman–Crippen LogP) is 3.33. The minimum atomic E-state index is -1.62. The summed E-state index contributed by atoms with van der Waals surface area (Å²) >= 11 is -1.36. The molecule has 5 rings (SSSR count). The van der Waals surface area contributed by atoms with Crippen molar-refractivity contribution in [2.45, 2.75) is 56.8 Å². The van der Waals surface area contributed by atoms with Crippen LogP contribution in [-0.2, 0) is 22.6 Å². The van der Waals surface area contributed by atoms with E-state index in [9.17, 15) is 23.2 Å². The van der Waals surface area contributed by atoms with Gasteiger partial charge in [-0.2, -0.15) is 0 Å². The average molecular weight is 481 g/mol. The van der Waals surface area contributed by atoms with Gasteiger partial charge in [0.25, 0.3) is 5.91 Å². The standard InChI is InChI=1S/C24H27F3N2O3S/c1-24(2,31)23(30)29-18-9-15(10-18)22(28-33(3)32)20(29)11-13-5-4-6-19(21(13)27)14-7-16(25)12-17(26)8-14/h4-8,12,15,18,20,22,28,31H,9-11H2,1-3H3/t15?,18?,20-,22-,33?/m0/s1. The third-order valence-electron chi connectivity index (χ3n) is 6.56. The van der Waals surface area contributed by atoms with E-state index in [1.807, 2.05) is 0 Å². The number of carbonyl (C=O) groups is 1. The Morgan fingerprint density at radius 3 is 2.42 bits per heavy atom. The Labute approximate surface area is 194 Å². The van der Waals surface area contributed by atoms with Gasteiger partial charge in [0.2, 0.25) is 0 Å². The molecule has 5 nitrogen and oxygen atoms in total. The van der Waals surface area contributed by atoms with E-state index in [-0.39, 0.29) is 41.1 Å². The maximum Gasteiger partial charge on any atom is 0.254 e. The Kier molecular flexibility index (Phi) is 6.52. The number of nitrogens with one attached hydrogen (secondary N) is 1. The van der Waals surface area contributed by atoms with Gasteiger partial charge in [0.15, 0.2) is 0 Å². The minimum Gasteiger partial charge on any atom is -0.598 e. The number of amides is 1. The lowest BCUT2D eigenvalue weighted by Gasteiger charge is -2.58. The normalized spacial score (nSPS) is 25.5. The van der Waals surface area contributed by atoms with Crippen molar-refractivity contribution in [2.75, 3.05) is 6.26 Å². The zero-order valence-corrected chi connectivity index (χ0v) is 19.5. The zero-order chi connectivity index (χ0) is 24.1. The fraction of sp³-hybridized carbons (Fsp3) is 0.458. The van der Waals surface area contributed by atoms with E-state index in [0.717, 1.165) is 31.0 Å². The highest BCUT2D eigenvalue weighted by Crippen LogP contribution is 2.45. The number of hydrogen-bond donors (Lipinski definition) is 2. The number of hydrogen-bond acceptors (Lipinski definition) is 4. The first-order chi connectivity index (χ1) is 15.5. The van der Waals surface area contributed by atoms with Crippen LogP contribution < -0.4 is 4.72 Å². The second-order valence-corrected chi connectivity index (χ2v) is 10.6. The lowest BCUT2D eigenvalue weighted by Crippen LogP contribution is -2.72. The molecule has 2 bridgehead atoms. The van der Waals surface area contributed by atoms with Crippen LogP contribution in [0.1, 0.15) is 32.3 Å². The molecule has 2 aromatic carbocycles. The average Bonchev–Trinajstić information content (AvgIpc) is 2.67. The molecule has 3 atom stereocenters. The monoisotopic (exact) mass is 480 g/mol. The molecule has 33 heavy (non-hydrogen) atoms. The summed E-state index contributed by atoms with van der Waals surface area (Å²) < 4.78 is 58.1. The van der Waals surface area contributed by atoms with E-state index >= 15 is 4.39 Å². The lowest BCUT2D eigenvalue weighted by atomic mass is 9.66. The van der Waals surface area contributed by atoms with E-state index in [4.69, 9.17) is 0 Å². The molecule has 0 aromatic heterocycles. The smallest absolute Gasteiger partial charge is 0.254 e. The molecular weight excluding hydrogens is 453 g/mol. The number of rotatable bonds is 6. The van der Waals surface area contributed by atoms with Gasteiger partial charge >= 0.3 is 0 Å². The van der Waals surface area contributed by atoms with Gasteiger partial charge < -0.3 is 14.6 Å². The van der Waals surface area contributed by atoms with Crippen LogP contribution in [0.5, 0.6) is 0 Å². The number of aliphatic hydroxyl groups is 1. The predicted molar refractivity (Wildman–Crippen MR) is 120 cm³/mol. The van der Waals surface area contributed by atoms with Gasteiger partial charge in [0.05, 0.1) is 12.1 Å². The second kappa shape index (κ2) is 8.94. The number of fused-ring (bicyclic) bond motifs is 2. The Balaban J connectivity index is 1.72. The topological polar surface area (TPSA) is 75.6 Å². The van der Waals surface area contributed by atoms with Crippen molar-refractivity contribution in [1.82, 2.24) is 9.62 Å². The first-order valence-electron chi connectivity index (χ1n) is 10.8. The molecule has 1 amide bonds. The van der Waals surface area contributed by atoms with Gasteiger partial charge in [-0.25, -0.2) is 13.2 Å². The quantitative estimate of drug-likeness (QED) is 0.622. The molecule has 3 fully saturated rings. The van der Waals surface area contributed by atoms with Gasteiger partial charge in [-0.3, -0.25) is 4.79 Å². The number of nitrogens with zero attached hydrogens (tertiary/aromatic N) is 1. The van der Waals surface area contributed by atoms with E-state index in [1.165, 1.54) is 26.2 Å². The number of piperidine rings is 2. The summed E-state index contributed by atoms with van der Waals surface area (Å²) in [4.78, 5) is 14.7. The SMILES string of the molecule is C[S+]([O-])N[C@H]1C2CC(C2)N(C(=O)C(C)(C)O)[C@H]1Cc1cccc(-c2cc(F)cc(F)c2)c1F. The van der Waals surface area contributed by atoms with Crippen LogP contribution in [0.2, 0.25) is 0 Å². The summed E-state index contributed by atoms with van der Waals surface area (Å²) in [6.45, 7) is 2.83. The Bertz CT molecular complexity index is 1030. The third kappa shape index (κ3) is 4.77. The summed E-state index contributed by atoms with van der Waals surface area (Å²) in [5, 5.41) is 10.4. The summed E-state index contributed by atoms with van der Waals surface area (Å²) in [5.41, 5.74) is -1.22. The van der Waals surface area contributed by atoms with Gasteiger partial charge in [-0.05, 0) is 62.3 Å². The molecule has 2 aromatic rings. The molecule has 0 spiro atoms. The third-order valence-corrected chi connectivity index (χ3v) is 7.17. The summed E-state index contributed by atoms with van der Waals surface area (Å²) in [6, 6.07) is 6.50. The van der Waals surface area contributed by atoms with E-state index in [1.54, 1.807) is 17.0 Å². The molecule has 2 heterocycles. The van der Waals surface area contributed by atoms with Crippen molar-refractivity contribution in [3.05, 3.63) is 59.4 Å². The molecule has 3 aliphatic rings. The van der Waals surface area contributed by atoms with Crippen molar-refractivity contribution in [2.24, 2.45) is 5.92 Å². The molecule has 1 saturated carbocycles. The summed E-state index contributed by atoms with van der Waals surface area (Å²) in [6.07, 6.45) is 3.04.